The molecule has 0 aliphatic carbocycles. The molecule has 0 aliphatic rings. The van der Waals surface area contributed by atoms with E-state index in [0.29, 0.717) is 30.4 Å². The van der Waals surface area contributed by atoms with E-state index in [9.17, 15) is 13.2 Å². The summed E-state index contributed by atoms with van der Waals surface area (Å²) in [5.41, 5.74) is 11.0. The van der Waals surface area contributed by atoms with Gasteiger partial charge in [-0.25, -0.2) is 15.0 Å². The minimum absolute atomic E-state index is 0.290. The molecule has 0 amide bonds. The number of aliphatic imine (C=N–C) groups is 1. The van der Waals surface area contributed by atoms with Gasteiger partial charge in [-0.3, -0.25) is 0 Å². The maximum atomic E-state index is 12.1. The van der Waals surface area contributed by atoms with Crippen LogP contribution in [0.25, 0.3) is 0 Å². The lowest BCUT2D eigenvalue weighted by Crippen LogP contribution is -2.26. The molecule has 0 bridgehead atoms. The minimum atomic E-state index is -4.41. The third-order valence-corrected chi connectivity index (χ3v) is 3.57. The van der Waals surface area contributed by atoms with Crippen LogP contribution in [-0.2, 0) is 6.42 Å². The summed E-state index contributed by atoms with van der Waals surface area (Å²) in [6, 6.07) is 1.50. The van der Waals surface area contributed by atoms with Crippen molar-refractivity contribution in [3.63, 3.8) is 0 Å². The molecule has 0 saturated carbocycles. The molecule has 0 atom stereocenters. The molecule has 9 nitrogen and oxygen atoms in total. The molecule has 0 aromatic carbocycles. The maximum absolute atomic E-state index is 12.1. The zero-order chi connectivity index (χ0) is 19.0. The Balaban J connectivity index is 1.75. The van der Waals surface area contributed by atoms with Crippen LogP contribution in [0.15, 0.2) is 17.3 Å². The lowest BCUT2D eigenvalue weighted by atomic mass is 10.2. The summed E-state index contributed by atoms with van der Waals surface area (Å²) in [5, 5.41) is 5.59. The van der Waals surface area contributed by atoms with Crippen LogP contribution in [0.4, 0.5) is 30.6 Å². The van der Waals surface area contributed by atoms with Crippen molar-refractivity contribution in [1.29, 1.82) is 0 Å². The normalized spacial score (nSPS) is 12.2. The van der Waals surface area contributed by atoms with E-state index in [0.717, 1.165) is 24.6 Å². The van der Waals surface area contributed by atoms with Crippen LogP contribution in [0.3, 0.4) is 0 Å². The maximum Gasteiger partial charge on any atom is 0.408 e. The number of nitrogen functional groups attached to an aromatic ring is 1. The molecule has 2 aromatic heterocycles. The van der Waals surface area contributed by atoms with E-state index < -0.39 is 12.7 Å². The molecule has 2 rings (SSSR count). The fourth-order valence-corrected chi connectivity index (χ4v) is 2.32. The number of aromatic nitrogens is 4. The third-order valence-electron chi connectivity index (χ3n) is 3.02. The van der Waals surface area contributed by atoms with Crippen LogP contribution in [0.5, 0.6) is 0 Å². The monoisotopic (exact) mass is 389 g/mol. The second-order valence-electron chi connectivity index (χ2n) is 5.18. The summed E-state index contributed by atoms with van der Waals surface area (Å²) in [5.74, 6) is 1.44. The molecular formula is C13H18F3N9S. The summed E-state index contributed by atoms with van der Waals surface area (Å²) < 4.78 is 44.2. The van der Waals surface area contributed by atoms with E-state index in [1.807, 2.05) is 0 Å². The Kier molecular flexibility index (Phi) is 6.89. The Morgan fingerprint density at radius 2 is 2.08 bits per heavy atom. The first kappa shape index (κ1) is 19.6. The Morgan fingerprint density at radius 3 is 2.77 bits per heavy atom. The molecule has 2 heterocycles. The quantitative estimate of drug-likeness (QED) is 0.303. The van der Waals surface area contributed by atoms with Crippen molar-refractivity contribution in [2.24, 2.45) is 10.7 Å². The third kappa shape index (κ3) is 7.04. The van der Waals surface area contributed by atoms with Gasteiger partial charge in [0.25, 0.3) is 0 Å². The first-order valence-corrected chi connectivity index (χ1v) is 8.34. The number of alkyl halides is 3. The molecule has 26 heavy (non-hydrogen) atoms. The molecule has 0 radical (unpaired) electrons. The average molecular weight is 389 g/mol. The molecule has 0 unspecified atom stereocenters. The van der Waals surface area contributed by atoms with Gasteiger partial charge in [0.05, 0.1) is 11.7 Å². The molecule has 13 heteroatoms. The Bertz CT molecular complexity index is 732. The largest absolute Gasteiger partial charge is 0.408 e. The van der Waals surface area contributed by atoms with Crippen molar-refractivity contribution in [3.8, 4) is 0 Å². The Morgan fingerprint density at radius 1 is 1.27 bits per heavy atom. The second-order valence-corrected chi connectivity index (χ2v) is 5.71. The SMILES string of the molecule is N/C(=N/CC(F)(F)F)Nc1ccnc(CCCCNc2nsnc2N)n1. The van der Waals surface area contributed by atoms with Crippen molar-refractivity contribution in [2.45, 2.75) is 25.4 Å². The predicted molar refractivity (Wildman–Crippen MR) is 93.9 cm³/mol. The smallest absolute Gasteiger partial charge is 0.380 e. The molecule has 0 saturated heterocycles. The van der Waals surface area contributed by atoms with E-state index in [1.54, 1.807) is 0 Å². The van der Waals surface area contributed by atoms with Gasteiger partial charge < -0.3 is 22.1 Å². The van der Waals surface area contributed by atoms with Crippen LogP contribution in [0, 0.1) is 0 Å². The van der Waals surface area contributed by atoms with Gasteiger partial charge in [0, 0.05) is 19.2 Å². The minimum Gasteiger partial charge on any atom is -0.380 e. The van der Waals surface area contributed by atoms with Gasteiger partial charge in [-0.05, 0) is 18.9 Å². The van der Waals surface area contributed by atoms with E-state index in [1.165, 1.54) is 12.3 Å². The molecule has 0 fully saturated rings. The van der Waals surface area contributed by atoms with E-state index in [2.05, 4.69) is 34.3 Å². The van der Waals surface area contributed by atoms with E-state index in [-0.39, 0.29) is 11.8 Å². The van der Waals surface area contributed by atoms with Gasteiger partial charge in [-0.15, -0.1) is 0 Å². The fraction of sp³-hybridized carbons (Fsp3) is 0.462. The number of aryl methyl sites for hydroxylation is 1. The first-order valence-electron chi connectivity index (χ1n) is 7.61. The Hall–Kier alpha value is -2.70. The van der Waals surface area contributed by atoms with E-state index in [4.69, 9.17) is 11.5 Å². The van der Waals surface area contributed by atoms with Crippen LogP contribution in [-0.4, -0.2) is 43.9 Å². The van der Waals surface area contributed by atoms with Crippen molar-refractivity contribution in [1.82, 2.24) is 18.7 Å². The highest BCUT2D eigenvalue weighted by molar-refractivity contribution is 6.99. The number of unbranched alkanes of at least 4 members (excludes halogenated alkanes) is 1. The highest BCUT2D eigenvalue weighted by atomic mass is 32.1. The first-order chi connectivity index (χ1) is 12.3. The number of nitrogens with one attached hydrogen (secondary N) is 2. The van der Waals surface area contributed by atoms with Crippen LogP contribution < -0.4 is 22.1 Å². The number of guanidine groups is 1. The van der Waals surface area contributed by atoms with E-state index >= 15 is 0 Å². The number of nitrogens with zero attached hydrogens (tertiary/aromatic N) is 5. The molecule has 0 aliphatic heterocycles. The average Bonchev–Trinajstić information content (AvgIpc) is 2.98. The van der Waals surface area contributed by atoms with Crippen LogP contribution >= 0.6 is 11.7 Å². The highest BCUT2D eigenvalue weighted by Crippen LogP contribution is 2.15. The highest BCUT2D eigenvalue weighted by Gasteiger charge is 2.26. The number of rotatable bonds is 8. The molecule has 2 aromatic rings. The van der Waals surface area contributed by atoms with Gasteiger partial charge in [0.2, 0.25) is 0 Å². The summed E-state index contributed by atoms with van der Waals surface area (Å²) >= 11 is 1.04. The van der Waals surface area contributed by atoms with Gasteiger partial charge in [0.15, 0.2) is 17.6 Å². The summed E-state index contributed by atoms with van der Waals surface area (Å²) in [7, 11) is 0. The molecule has 142 valence electrons. The summed E-state index contributed by atoms with van der Waals surface area (Å²) in [4.78, 5) is 11.5. The van der Waals surface area contributed by atoms with Gasteiger partial charge in [-0.1, -0.05) is 0 Å². The number of nitrogens with two attached hydrogens (primary N) is 2. The second kappa shape index (κ2) is 9.12. The summed E-state index contributed by atoms with van der Waals surface area (Å²) in [6.45, 7) is -0.680. The van der Waals surface area contributed by atoms with Gasteiger partial charge in [0.1, 0.15) is 18.2 Å². The zero-order valence-electron chi connectivity index (χ0n) is 13.6. The van der Waals surface area contributed by atoms with Crippen molar-refractivity contribution in [2.75, 3.05) is 29.5 Å². The van der Waals surface area contributed by atoms with Crippen molar-refractivity contribution < 1.29 is 13.2 Å². The van der Waals surface area contributed by atoms with Crippen molar-refractivity contribution >= 4 is 35.1 Å². The lowest BCUT2D eigenvalue weighted by Gasteiger charge is -2.07. The zero-order valence-corrected chi connectivity index (χ0v) is 14.4. The topological polar surface area (TPSA) is 140 Å². The number of anilines is 3. The molecule has 6 N–H and O–H groups in total. The number of hydrogen-bond donors (Lipinski definition) is 4. The molecule has 0 spiro atoms. The van der Waals surface area contributed by atoms with Gasteiger partial charge in [-0.2, -0.15) is 21.9 Å². The lowest BCUT2D eigenvalue weighted by molar-refractivity contribution is -0.118. The van der Waals surface area contributed by atoms with Gasteiger partial charge >= 0.3 is 6.18 Å². The Labute approximate surface area is 151 Å². The summed E-state index contributed by atoms with van der Waals surface area (Å²) in [6.07, 6.45) is -0.682. The van der Waals surface area contributed by atoms with Crippen LogP contribution in [0.2, 0.25) is 0 Å². The standard InChI is InChI=1S/C13H18F3N9S/c14-13(15,16)7-21-12(18)23-9-4-6-19-8(22-9)3-1-2-5-20-11-10(17)24-26-25-11/h4,6H,1-3,5,7H2,(H2,17,24)(H,20,25)(H3,18,19,21,22,23). The molecular weight excluding hydrogens is 371 g/mol. The number of halogens is 3. The number of hydrogen-bond acceptors (Lipinski definition) is 8. The van der Waals surface area contributed by atoms with Crippen LogP contribution in [0.1, 0.15) is 18.7 Å². The van der Waals surface area contributed by atoms with Crippen molar-refractivity contribution in [3.05, 3.63) is 18.1 Å². The fourth-order valence-electron chi connectivity index (χ4n) is 1.87. The predicted octanol–water partition coefficient (Wildman–Crippen LogP) is 1.63.